The van der Waals surface area contributed by atoms with Gasteiger partial charge in [0.15, 0.2) is 0 Å². The van der Waals surface area contributed by atoms with Crippen LogP contribution in [-0.2, 0) is 25.7 Å². The molecule has 1 aliphatic rings. The highest BCUT2D eigenvalue weighted by molar-refractivity contribution is 6.18. The highest BCUT2D eigenvalue weighted by atomic mass is 35.5. The van der Waals surface area contributed by atoms with E-state index in [9.17, 15) is 0 Å². The second kappa shape index (κ2) is 9.11. The smallest absolute Gasteiger partial charge is 0.0223 e. The van der Waals surface area contributed by atoms with Crippen LogP contribution in [0.1, 0.15) is 60.8 Å². The molecule has 130 valence electrons. The van der Waals surface area contributed by atoms with E-state index in [1.165, 1.54) is 62.3 Å². The highest BCUT2D eigenvalue weighted by Gasteiger charge is 2.18. The first kappa shape index (κ1) is 18.1. The average molecular weight is 363 g/mol. The number of rotatable bonds is 10. The Morgan fingerprint density at radius 1 is 0.667 bits per heavy atom. The first-order valence-electron chi connectivity index (χ1n) is 9.52. The van der Waals surface area contributed by atoms with Crippen LogP contribution in [0.3, 0.4) is 0 Å². The zero-order valence-electron chi connectivity index (χ0n) is 14.6. The summed E-state index contributed by atoms with van der Waals surface area (Å²) in [6.07, 6.45) is 12.1. The third-order valence-electron chi connectivity index (χ3n) is 5.37. The van der Waals surface area contributed by atoms with Gasteiger partial charge < -0.3 is 0 Å². The molecule has 1 aliphatic carbocycles. The van der Waals surface area contributed by atoms with Gasteiger partial charge in [-0.3, -0.25) is 0 Å². The molecule has 0 fully saturated rings. The van der Waals surface area contributed by atoms with E-state index in [1.54, 1.807) is 22.1 Å². The maximum Gasteiger partial charge on any atom is 0.0223 e. The molecule has 0 amide bonds. The summed E-state index contributed by atoms with van der Waals surface area (Å²) < 4.78 is 0. The molecular weight excluding hydrogens is 335 g/mol. The van der Waals surface area contributed by atoms with Gasteiger partial charge in [0.2, 0.25) is 0 Å². The van der Waals surface area contributed by atoms with E-state index in [1.807, 2.05) is 0 Å². The Morgan fingerprint density at radius 3 is 2.04 bits per heavy atom. The molecule has 0 aliphatic heterocycles. The molecule has 3 rings (SSSR count). The average Bonchev–Trinajstić information content (AvgIpc) is 3.04. The van der Waals surface area contributed by atoms with Gasteiger partial charge in [0, 0.05) is 11.8 Å². The van der Waals surface area contributed by atoms with Crippen molar-refractivity contribution in [1.82, 2.24) is 0 Å². The van der Waals surface area contributed by atoms with Crippen LogP contribution < -0.4 is 0 Å². The van der Waals surface area contributed by atoms with Gasteiger partial charge in [0.05, 0.1) is 0 Å². The zero-order chi connectivity index (χ0) is 16.8. The highest BCUT2D eigenvalue weighted by Crippen LogP contribution is 2.36. The molecule has 0 saturated heterocycles. The molecule has 0 atom stereocenters. The van der Waals surface area contributed by atoms with Crippen LogP contribution in [0.5, 0.6) is 0 Å². The second-order valence-corrected chi connectivity index (χ2v) is 7.76. The van der Waals surface area contributed by atoms with Crippen LogP contribution in [0.25, 0.3) is 10.8 Å². The van der Waals surface area contributed by atoms with Crippen LogP contribution in [0.15, 0.2) is 24.3 Å². The maximum absolute atomic E-state index is 5.80. The third-order valence-corrected chi connectivity index (χ3v) is 5.90. The van der Waals surface area contributed by atoms with Crippen LogP contribution in [-0.4, -0.2) is 11.8 Å². The SMILES string of the molecule is ClCCCCCc1ccc2c(CCCCCCl)ccc3c2c1CC3. The van der Waals surface area contributed by atoms with Crippen molar-refractivity contribution in [2.45, 2.75) is 64.2 Å². The fraction of sp³-hybridized carbons (Fsp3) is 0.545. The van der Waals surface area contributed by atoms with Gasteiger partial charge >= 0.3 is 0 Å². The molecule has 0 N–H and O–H groups in total. The Kier molecular flexibility index (Phi) is 6.86. The Labute approximate surface area is 156 Å². The van der Waals surface area contributed by atoms with E-state index in [0.717, 1.165) is 24.6 Å². The number of halogens is 2. The molecule has 0 unspecified atom stereocenters. The van der Waals surface area contributed by atoms with Crippen molar-refractivity contribution in [3.63, 3.8) is 0 Å². The van der Waals surface area contributed by atoms with Crippen molar-refractivity contribution < 1.29 is 0 Å². The van der Waals surface area contributed by atoms with Crippen molar-refractivity contribution in [2.75, 3.05) is 11.8 Å². The predicted molar refractivity (Wildman–Crippen MR) is 108 cm³/mol. The molecule has 0 bridgehead atoms. The second-order valence-electron chi connectivity index (χ2n) is 7.01. The summed E-state index contributed by atoms with van der Waals surface area (Å²) in [5.74, 6) is 1.58. The zero-order valence-corrected chi connectivity index (χ0v) is 16.1. The summed E-state index contributed by atoms with van der Waals surface area (Å²) in [5.41, 5.74) is 6.30. The molecule has 0 aromatic heterocycles. The van der Waals surface area contributed by atoms with E-state index in [0.29, 0.717) is 0 Å². The van der Waals surface area contributed by atoms with Crippen molar-refractivity contribution in [1.29, 1.82) is 0 Å². The van der Waals surface area contributed by atoms with Crippen LogP contribution in [0.2, 0.25) is 0 Å². The first-order chi connectivity index (χ1) is 11.8. The number of hydrogen-bond acceptors (Lipinski definition) is 0. The first-order valence-corrected chi connectivity index (χ1v) is 10.6. The van der Waals surface area contributed by atoms with E-state index >= 15 is 0 Å². The molecule has 2 heteroatoms. The molecule has 0 heterocycles. The molecule has 2 aromatic carbocycles. The van der Waals surface area contributed by atoms with E-state index in [4.69, 9.17) is 23.2 Å². The summed E-state index contributed by atoms with van der Waals surface area (Å²) >= 11 is 11.6. The van der Waals surface area contributed by atoms with E-state index in [-0.39, 0.29) is 0 Å². The fourth-order valence-electron chi connectivity index (χ4n) is 4.08. The molecular formula is C22H28Cl2. The minimum atomic E-state index is 0.789. The number of alkyl halides is 2. The number of unbranched alkanes of at least 4 members (excludes halogenated alkanes) is 4. The molecule has 0 saturated carbocycles. The standard InChI is InChI=1S/C22H28Cl2/c23-15-5-1-3-7-17-9-10-19-12-14-21-18(8-4-2-6-16-24)11-13-20(17)22(19)21/h9-11,13H,1-8,12,14-16H2. The minimum Gasteiger partial charge on any atom is -0.127 e. The number of benzene rings is 2. The van der Waals surface area contributed by atoms with Gasteiger partial charge in [-0.1, -0.05) is 37.1 Å². The summed E-state index contributed by atoms with van der Waals surface area (Å²) in [6.45, 7) is 0. The Morgan fingerprint density at radius 2 is 1.33 bits per heavy atom. The monoisotopic (exact) mass is 362 g/mol. The lowest BCUT2D eigenvalue weighted by Crippen LogP contribution is -1.95. The quantitative estimate of drug-likeness (QED) is 0.320. The fourth-order valence-corrected chi connectivity index (χ4v) is 4.46. The van der Waals surface area contributed by atoms with Gasteiger partial charge in [0.25, 0.3) is 0 Å². The van der Waals surface area contributed by atoms with E-state index in [2.05, 4.69) is 24.3 Å². The van der Waals surface area contributed by atoms with Gasteiger partial charge in [-0.25, -0.2) is 0 Å². The summed E-state index contributed by atoms with van der Waals surface area (Å²) in [7, 11) is 0. The van der Waals surface area contributed by atoms with Crippen LogP contribution in [0.4, 0.5) is 0 Å². The lowest BCUT2D eigenvalue weighted by atomic mass is 9.92. The molecule has 0 radical (unpaired) electrons. The Balaban J connectivity index is 1.79. The van der Waals surface area contributed by atoms with Gasteiger partial charge in [0.1, 0.15) is 0 Å². The van der Waals surface area contributed by atoms with Crippen molar-refractivity contribution in [2.24, 2.45) is 0 Å². The van der Waals surface area contributed by atoms with Gasteiger partial charge in [-0.05, 0) is 84.4 Å². The molecule has 24 heavy (non-hydrogen) atoms. The van der Waals surface area contributed by atoms with Crippen molar-refractivity contribution in [3.8, 4) is 0 Å². The Bertz CT molecular complexity index is 675. The number of aryl methyl sites for hydroxylation is 4. The normalized spacial score (nSPS) is 13.1. The van der Waals surface area contributed by atoms with Crippen molar-refractivity contribution >= 4 is 34.0 Å². The number of hydrogen-bond donors (Lipinski definition) is 0. The topological polar surface area (TPSA) is 0 Å². The summed E-state index contributed by atoms with van der Waals surface area (Å²) in [6, 6.07) is 9.54. The van der Waals surface area contributed by atoms with Crippen LogP contribution in [0, 0.1) is 0 Å². The predicted octanol–water partition coefficient (Wildman–Crippen LogP) is 6.84. The largest absolute Gasteiger partial charge is 0.127 e. The van der Waals surface area contributed by atoms with Gasteiger partial charge in [-0.2, -0.15) is 0 Å². The van der Waals surface area contributed by atoms with Gasteiger partial charge in [-0.15, -0.1) is 23.2 Å². The van der Waals surface area contributed by atoms with E-state index < -0.39 is 0 Å². The minimum absolute atomic E-state index is 0.789. The lowest BCUT2D eigenvalue weighted by molar-refractivity contribution is 0.717. The van der Waals surface area contributed by atoms with Crippen LogP contribution >= 0.6 is 23.2 Å². The molecule has 2 aromatic rings. The maximum atomic E-state index is 5.80. The van der Waals surface area contributed by atoms with Crippen molar-refractivity contribution in [3.05, 3.63) is 46.5 Å². The Hall–Kier alpha value is -0.720. The summed E-state index contributed by atoms with van der Waals surface area (Å²) in [4.78, 5) is 0. The molecule has 0 spiro atoms. The third kappa shape index (κ3) is 4.09. The lowest BCUT2D eigenvalue weighted by Gasteiger charge is -2.12. The molecule has 0 nitrogen and oxygen atoms in total. The summed E-state index contributed by atoms with van der Waals surface area (Å²) in [5, 5.41) is 3.09.